The van der Waals surface area contributed by atoms with Gasteiger partial charge in [0.1, 0.15) is 0 Å². The fourth-order valence-corrected chi connectivity index (χ4v) is 2.39. The topological polar surface area (TPSA) is 58.2 Å². The predicted octanol–water partition coefficient (Wildman–Crippen LogP) is 2.95. The molecule has 2 rings (SSSR count). The molecule has 0 radical (unpaired) electrons. The summed E-state index contributed by atoms with van der Waals surface area (Å²) in [6.45, 7) is 0.440. The van der Waals surface area contributed by atoms with Crippen LogP contribution in [0.4, 0.5) is 0 Å². The van der Waals surface area contributed by atoms with Gasteiger partial charge in [-0.15, -0.1) is 0 Å². The van der Waals surface area contributed by atoms with Crippen LogP contribution in [-0.4, -0.2) is 18.9 Å². The number of aryl methyl sites for hydroxylation is 1. The van der Waals surface area contributed by atoms with Gasteiger partial charge in [0.15, 0.2) is 0 Å². The number of hydrogen-bond donors (Lipinski definition) is 2. The zero-order chi connectivity index (χ0) is 16.7. The van der Waals surface area contributed by atoms with Gasteiger partial charge in [-0.05, 0) is 35.7 Å². The van der Waals surface area contributed by atoms with E-state index in [2.05, 4.69) is 10.6 Å². The first-order chi connectivity index (χ1) is 11.1. The minimum absolute atomic E-state index is 0.0275. The van der Waals surface area contributed by atoms with Crippen LogP contribution in [0.15, 0.2) is 48.5 Å². The Morgan fingerprint density at radius 3 is 2.39 bits per heavy atom. The zero-order valence-corrected chi connectivity index (χ0v) is 13.7. The van der Waals surface area contributed by atoms with Gasteiger partial charge in [-0.2, -0.15) is 0 Å². The van der Waals surface area contributed by atoms with Gasteiger partial charge in [-0.25, -0.2) is 0 Å². The van der Waals surface area contributed by atoms with Crippen molar-refractivity contribution in [3.05, 3.63) is 70.2 Å². The van der Waals surface area contributed by atoms with E-state index in [1.54, 1.807) is 19.2 Å². The molecule has 2 amide bonds. The SMILES string of the molecule is CNC(=O)c1ccc(CNC(=O)CCc2ccccc2Cl)cc1. The molecule has 0 aliphatic heterocycles. The summed E-state index contributed by atoms with van der Waals surface area (Å²) >= 11 is 6.07. The van der Waals surface area contributed by atoms with E-state index in [9.17, 15) is 9.59 Å². The quantitative estimate of drug-likeness (QED) is 0.855. The number of hydrogen-bond acceptors (Lipinski definition) is 2. The van der Waals surface area contributed by atoms with E-state index in [0.29, 0.717) is 30.0 Å². The largest absolute Gasteiger partial charge is 0.355 e. The molecule has 5 heteroatoms. The van der Waals surface area contributed by atoms with Crippen molar-refractivity contribution in [2.75, 3.05) is 7.05 Å². The Balaban J connectivity index is 1.80. The number of halogens is 1. The van der Waals surface area contributed by atoms with Crippen LogP contribution < -0.4 is 10.6 Å². The molecule has 23 heavy (non-hydrogen) atoms. The normalized spacial score (nSPS) is 10.2. The average molecular weight is 331 g/mol. The highest BCUT2D eigenvalue weighted by molar-refractivity contribution is 6.31. The lowest BCUT2D eigenvalue weighted by atomic mass is 10.1. The van der Waals surface area contributed by atoms with Gasteiger partial charge in [0.05, 0.1) is 0 Å². The Kier molecular flexibility index (Phi) is 6.18. The van der Waals surface area contributed by atoms with E-state index < -0.39 is 0 Å². The molecule has 0 bridgehead atoms. The Morgan fingerprint density at radius 2 is 1.74 bits per heavy atom. The number of nitrogens with one attached hydrogen (secondary N) is 2. The third-order valence-electron chi connectivity index (χ3n) is 3.51. The lowest BCUT2D eigenvalue weighted by Crippen LogP contribution is -2.23. The summed E-state index contributed by atoms with van der Waals surface area (Å²) in [6.07, 6.45) is 1.00. The molecule has 120 valence electrons. The smallest absolute Gasteiger partial charge is 0.251 e. The van der Waals surface area contributed by atoms with Gasteiger partial charge < -0.3 is 10.6 Å². The molecule has 0 unspecified atom stereocenters. The summed E-state index contributed by atoms with van der Waals surface area (Å²) in [5.74, 6) is -0.152. The van der Waals surface area contributed by atoms with E-state index in [1.165, 1.54) is 0 Å². The van der Waals surface area contributed by atoms with Crippen LogP contribution in [0, 0.1) is 0 Å². The second-order valence-electron chi connectivity index (χ2n) is 5.14. The molecule has 0 saturated heterocycles. The molecule has 0 saturated carbocycles. The van der Waals surface area contributed by atoms with E-state index >= 15 is 0 Å². The molecule has 2 aromatic carbocycles. The first-order valence-electron chi connectivity index (χ1n) is 7.41. The first kappa shape index (κ1) is 17.0. The molecule has 0 spiro atoms. The van der Waals surface area contributed by atoms with Gasteiger partial charge in [-0.1, -0.05) is 41.9 Å². The zero-order valence-electron chi connectivity index (χ0n) is 12.9. The Labute approximate surface area is 140 Å². The summed E-state index contributed by atoms with van der Waals surface area (Å²) in [4.78, 5) is 23.4. The van der Waals surface area contributed by atoms with Crippen LogP contribution in [0.2, 0.25) is 5.02 Å². The third kappa shape index (κ3) is 5.11. The molecule has 4 nitrogen and oxygen atoms in total. The molecule has 2 aromatic rings. The van der Waals surface area contributed by atoms with Crippen LogP contribution in [0.5, 0.6) is 0 Å². The van der Waals surface area contributed by atoms with Gasteiger partial charge in [0.2, 0.25) is 5.91 Å². The molecule has 0 fully saturated rings. The predicted molar refractivity (Wildman–Crippen MR) is 91.5 cm³/mol. The molecule has 2 N–H and O–H groups in total. The number of rotatable bonds is 6. The van der Waals surface area contributed by atoms with Crippen LogP contribution >= 0.6 is 11.6 Å². The lowest BCUT2D eigenvalue weighted by Gasteiger charge is -2.07. The maximum Gasteiger partial charge on any atom is 0.251 e. The van der Waals surface area contributed by atoms with E-state index in [1.807, 2.05) is 36.4 Å². The minimum Gasteiger partial charge on any atom is -0.355 e. The second kappa shape index (κ2) is 8.34. The standard InChI is InChI=1S/C18H19ClN2O2/c1-20-18(23)15-8-6-13(7-9-15)12-21-17(22)11-10-14-4-2-3-5-16(14)19/h2-9H,10-12H2,1H3,(H,20,23)(H,21,22). The van der Waals surface area contributed by atoms with E-state index in [-0.39, 0.29) is 11.8 Å². The first-order valence-corrected chi connectivity index (χ1v) is 7.79. The summed E-state index contributed by atoms with van der Waals surface area (Å²) in [5, 5.41) is 6.12. The summed E-state index contributed by atoms with van der Waals surface area (Å²) in [6, 6.07) is 14.7. The average Bonchev–Trinajstić information content (AvgIpc) is 2.59. The van der Waals surface area contributed by atoms with Crippen LogP contribution in [0.25, 0.3) is 0 Å². The number of carbonyl (C=O) groups is 2. The Bertz CT molecular complexity index is 684. The van der Waals surface area contributed by atoms with Crippen molar-refractivity contribution in [1.29, 1.82) is 0 Å². The number of benzene rings is 2. The van der Waals surface area contributed by atoms with Crippen LogP contribution in [0.1, 0.15) is 27.9 Å². The van der Waals surface area contributed by atoms with Crippen molar-refractivity contribution in [1.82, 2.24) is 10.6 Å². The van der Waals surface area contributed by atoms with Gasteiger partial charge in [-0.3, -0.25) is 9.59 Å². The van der Waals surface area contributed by atoms with Crippen LogP contribution in [0.3, 0.4) is 0 Å². The highest BCUT2D eigenvalue weighted by Crippen LogP contribution is 2.16. The Morgan fingerprint density at radius 1 is 1.04 bits per heavy atom. The third-order valence-corrected chi connectivity index (χ3v) is 3.88. The summed E-state index contributed by atoms with van der Waals surface area (Å²) in [5.41, 5.74) is 2.52. The lowest BCUT2D eigenvalue weighted by molar-refractivity contribution is -0.121. The molecule has 0 aliphatic rings. The van der Waals surface area contributed by atoms with Crippen LogP contribution in [-0.2, 0) is 17.8 Å². The molecule has 0 aromatic heterocycles. The highest BCUT2D eigenvalue weighted by atomic mass is 35.5. The van der Waals surface area contributed by atoms with Gasteiger partial charge in [0.25, 0.3) is 5.91 Å². The molecule has 0 atom stereocenters. The maximum atomic E-state index is 11.9. The number of carbonyl (C=O) groups excluding carboxylic acids is 2. The van der Waals surface area contributed by atoms with Crippen molar-refractivity contribution in [3.63, 3.8) is 0 Å². The molecule has 0 heterocycles. The second-order valence-corrected chi connectivity index (χ2v) is 5.55. The van der Waals surface area contributed by atoms with Crippen molar-refractivity contribution in [3.8, 4) is 0 Å². The van der Waals surface area contributed by atoms with Crippen molar-refractivity contribution >= 4 is 23.4 Å². The van der Waals surface area contributed by atoms with E-state index in [4.69, 9.17) is 11.6 Å². The summed E-state index contributed by atoms with van der Waals surface area (Å²) < 4.78 is 0. The Hall–Kier alpha value is -2.33. The minimum atomic E-state index is -0.125. The summed E-state index contributed by atoms with van der Waals surface area (Å²) in [7, 11) is 1.59. The molecular formula is C18H19ClN2O2. The van der Waals surface area contributed by atoms with Crippen molar-refractivity contribution in [2.45, 2.75) is 19.4 Å². The van der Waals surface area contributed by atoms with Gasteiger partial charge in [0, 0.05) is 30.6 Å². The fourth-order valence-electron chi connectivity index (χ4n) is 2.16. The van der Waals surface area contributed by atoms with Crippen molar-refractivity contribution in [2.24, 2.45) is 0 Å². The fraction of sp³-hybridized carbons (Fsp3) is 0.222. The van der Waals surface area contributed by atoms with Gasteiger partial charge >= 0.3 is 0 Å². The maximum absolute atomic E-state index is 11.9. The number of amides is 2. The monoisotopic (exact) mass is 330 g/mol. The van der Waals surface area contributed by atoms with E-state index in [0.717, 1.165) is 11.1 Å². The molecule has 0 aliphatic carbocycles. The van der Waals surface area contributed by atoms with Crippen molar-refractivity contribution < 1.29 is 9.59 Å². The highest BCUT2D eigenvalue weighted by Gasteiger charge is 2.06. The molecular weight excluding hydrogens is 312 g/mol.